The van der Waals surface area contributed by atoms with E-state index in [1.165, 1.54) is 36.2 Å². The number of aromatic nitrogens is 3. The molecule has 0 aliphatic rings. The number of benzene rings is 3. The van der Waals surface area contributed by atoms with Crippen LogP contribution in [0.2, 0.25) is 5.02 Å². The Kier molecular flexibility index (Phi) is 8.56. The van der Waals surface area contributed by atoms with Crippen LogP contribution >= 0.6 is 23.4 Å². The molecule has 4 aromatic rings. The molecule has 0 aliphatic carbocycles. The maximum absolute atomic E-state index is 12.5. The number of thioether (sulfide) groups is 1. The van der Waals surface area contributed by atoms with Gasteiger partial charge in [-0.05, 0) is 54.6 Å². The molecule has 0 atom stereocenters. The van der Waals surface area contributed by atoms with Crippen LogP contribution in [-0.4, -0.2) is 51.8 Å². The summed E-state index contributed by atoms with van der Waals surface area (Å²) in [4.78, 5) is 22.9. The zero-order valence-electron chi connectivity index (χ0n) is 20.2. The lowest BCUT2D eigenvalue weighted by molar-refractivity contribution is -0.384. The molecule has 0 bridgehead atoms. The Bertz CT molecular complexity index is 1470. The fraction of sp³-hybridized carbons (Fsp3) is 0.120. The summed E-state index contributed by atoms with van der Waals surface area (Å²) in [5.74, 6) is 1.56. The second kappa shape index (κ2) is 12.2. The van der Waals surface area contributed by atoms with Crippen molar-refractivity contribution in [2.45, 2.75) is 5.16 Å². The Labute approximate surface area is 226 Å². The first-order chi connectivity index (χ1) is 18.4. The summed E-state index contributed by atoms with van der Waals surface area (Å²) in [7, 11) is 3.18. The number of hydrazone groups is 1. The average molecular weight is 553 g/mol. The van der Waals surface area contributed by atoms with Crippen molar-refractivity contribution in [1.29, 1.82) is 0 Å². The lowest BCUT2D eigenvalue weighted by Gasteiger charge is -2.11. The number of nitro benzene ring substituents is 1. The number of hydrogen-bond donors (Lipinski definition) is 1. The number of ether oxygens (including phenoxy) is 2. The van der Waals surface area contributed by atoms with Gasteiger partial charge in [-0.3, -0.25) is 19.5 Å². The lowest BCUT2D eigenvalue weighted by atomic mass is 10.2. The summed E-state index contributed by atoms with van der Waals surface area (Å²) in [6.45, 7) is 0. The van der Waals surface area contributed by atoms with Gasteiger partial charge in [0.05, 0.1) is 31.1 Å². The van der Waals surface area contributed by atoms with E-state index in [-0.39, 0.29) is 16.5 Å². The molecule has 1 heterocycles. The molecule has 0 radical (unpaired) electrons. The molecule has 194 valence electrons. The molecule has 4 rings (SSSR count). The Hall–Kier alpha value is -4.42. The van der Waals surface area contributed by atoms with Crippen molar-refractivity contribution in [3.05, 3.63) is 87.4 Å². The normalized spacial score (nSPS) is 10.9. The van der Waals surface area contributed by atoms with Crippen molar-refractivity contribution in [3.63, 3.8) is 0 Å². The summed E-state index contributed by atoms with van der Waals surface area (Å²) >= 11 is 7.23. The van der Waals surface area contributed by atoms with E-state index in [1.54, 1.807) is 14.2 Å². The van der Waals surface area contributed by atoms with E-state index in [0.717, 1.165) is 11.3 Å². The van der Waals surface area contributed by atoms with Gasteiger partial charge in [0.1, 0.15) is 11.5 Å². The molecular formula is C25H21ClN6O5S. The van der Waals surface area contributed by atoms with Gasteiger partial charge in [-0.15, -0.1) is 10.2 Å². The van der Waals surface area contributed by atoms with Crippen LogP contribution in [0.25, 0.3) is 17.1 Å². The first-order valence-corrected chi connectivity index (χ1v) is 12.4. The Morgan fingerprint density at radius 3 is 2.37 bits per heavy atom. The largest absolute Gasteiger partial charge is 0.497 e. The minimum atomic E-state index is -0.540. The number of non-ortho nitro benzene ring substituents is 1. The summed E-state index contributed by atoms with van der Waals surface area (Å²) < 4.78 is 12.3. The van der Waals surface area contributed by atoms with Crippen LogP contribution in [0.5, 0.6) is 11.5 Å². The molecule has 0 unspecified atom stereocenters. The number of rotatable bonds is 10. The number of carbonyl (C=O) groups excluding carboxylic acids is 1. The van der Waals surface area contributed by atoms with Crippen molar-refractivity contribution < 1.29 is 19.2 Å². The SMILES string of the molecule is COc1ccc(-c2nnc(SCC(=O)N/N=C/c3cc([N+](=O)[O-])ccc3Cl)n2-c2ccc(OC)cc2)cc1. The van der Waals surface area contributed by atoms with Crippen molar-refractivity contribution in [1.82, 2.24) is 20.2 Å². The van der Waals surface area contributed by atoms with Crippen molar-refractivity contribution in [3.8, 4) is 28.6 Å². The first kappa shape index (κ1) is 26.6. The second-order valence-electron chi connectivity index (χ2n) is 7.61. The number of nitro groups is 1. The van der Waals surface area contributed by atoms with Crippen molar-refractivity contribution in [2.75, 3.05) is 20.0 Å². The Morgan fingerprint density at radius 1 is 1.08 bits per heavy atom. The van der Waals surface area contributed by atoms with Crippen LogP contribution in [0, 0.1) is 10.1 Å². The molecule has 0 saturated carbocycles. The summed E-state index contributed by atoms with van der Waals surface area (Å²) in [5, 5.41) is 24.3. The molecule has 0 fully saturated rings. The highest BCUT2D eigenvalue weighted by atomic mass is 35.5. The number of halogens is 1. The van der Waals surface area contributed by atoms with E-state index in [1.807, 2.05) is 53.1 Å². The molecule has 1 N–H and O–H groups in total. The molecule has 1 amide bonds. The van der Waals surface area contributed by atoms with Gasteiger partial charge in [0, 0.05) is 34.0 Å². The maximum atomic E-state index is 12.5. The molecule has 1 aromatic heterocycles. The van der Waals surface area contributed by atoms with Gasteiger partial charge in [0.25, 0.3) is 11.6 Å². The van der Waals surface area contributed by atoms with E-state index >= 15 is 0 Å². The molecule has 0 aliphatic heterocycles. The molecule has 11 nitrogen and oxygen atoms in total. The fourth-order valence-corrected chi connectivity index (χ4v) is 4.24. The minimum Gasteiger partial charge on any atom is -0.497 e. The van der Waals surface area contributed by atoms with Crippen LogP contribution in [0.3, 0.4) is 0 Å². The van der Waals surface area contributed by atoms with Crippen molar-refractivity contribution >= 4 is 41.2 Å². The van der Waals surface area contributed by atoms with Gasteiger partial charge in [-0.25, -0.2) is 5.43 Å². The highest BCUT2D eigenvalue weighted by Crippen LogP contribution is 2.30. The highest BCUT2D eigenvalue weighted by molar-refractivity contribution is 7.99. The number of methoxy groups -OCH3 is 2. The molecule has 13 heteroatoms. The van der Waals surface area contributed by atoms with Gasteiger partial charge >= 0.3 is 0 Å². The maximum Gasteiger partial charge on any atom is 0.270 e. The van der Waals surface area contributed by atoms with Gasteiger partial charge in [0.2, 0.25) is 0 Å². The van der Waals surface area contributed by atoms with Gasteiger partial charge in [0.15, 0.2) is 11.0 Å². The molecule has 3 aromatic carbocycles. The standard InChI is InChI=1S/C25H21ClN6O5S/c1-36-20-8-3-16(4-9-20)24-29-30-25(31(24)18-5-10-21(37-2)11-6-18)38-15-23(33)28-27-14-17-13-19(32(34)35)7-12-22(17)26/h3-14H,15H2,1-2H3,(H,28,33)/b27-14+. The van der Waals surface area contributed by atoms with Crippen LogP contribution in [0.1, 0.15) is 5.56 Å². The third-order valence-corrected chi connectivity index (χ3v) is 6.50. The van der Waals surface area contributed by atoms with Crippen LogP contribution < -0.4 is 14.9 Å². The summed E-state index contributed by atoms with van der Waals surface area (Å²) in [6, 6.07) is 18.7. The van der Waals surface area contributed by atoms with Crippen LogP contribution in [0.4, 0.5) is 5.69 Å². The highest BCUT2D eigenvalue weighted by Gasteiger charge is 2.18. The lowest BCUT2D eigenvalue weighted by Crippen LogP contribution is -2.20. The third-order valence-electron chi connectivity index (χ3n) is 5.23. The number of hydrogen-bond acceptors (Lipinski definition) is 9. The average Bonchev–Trinajstić information content (AvgIpc) is 3.36. The van der Waals surface area contributed by atoms with Crippen LogP contribution in [-0.2, 0) is 4.79 Å². The predicted molar refractivity (Wildman–Crippen MR) is 144 cm³/mol. The fourth-order valence-electron chi connectivity index (χ4n) is 3.33. The first-order valence-electron chi connectivity index (χ1n) is 11.0. The Balaban J connectivity index is 1.52. The quantitative estimate of drug-likeness (QED) is 0.129. The number of amides is 1. The molecule has 38 heavy (non-hydrogen) atoms. The van der Waals surface area contributed by atoms with Crippen LogP contribution in [0.15, 0.2) is 77.0 Å². The predicted octanol–water partition coefficient (Wildman–Crippen LogP) is 4.76. The zero-order chi connectivity index (χ0) is 27.1. The van der Waals surface area contributed by atoms with E-state index in [9.17, 15) is 14.9 Å². The number of carbonyl (C=O) groups is 1. The monoisotopic (exact) mass is 552 g/mol. The topological polar surface area (TPSA) is 134 Å². The van der Waals surface area contributed by atoms with E-state index in [2.05, 4.69) is 20.7 Å². The second-order valence-corrected chi connectivity index (χ2v) is 8.96. The third kappa shape index (κ3) is 6.28. The number of nitrogens with one attached hydrogen (secondary N) is 1. The van der Waals surface area contributed by atoms with E-state index in [0.29, 0.717) is 28.0 Å². The van der Waals surface area contributed by atoms with E-state index in [4.69, 9.17) is 21.1 Å². The molecule has 0 spiro atoms. The Morgan fingerprint density at radius 2 is 1.74 bits per heavy atom. The smallest absolute Gasteiger partial charge is 0.270 e. The summed E-state index contributed by atoms with van der Waals surface area (Å²) in [6.07, 6.45) is 1.25. The number of nitrogens with zero attached hydrogens (tertiary/aromatic N) is 5. The van der Waals surface area contributed by atoms with Gasteiger partial charge in [-0.2, -0.15) is 5.10 Å². The minimum absolute atomic E-state index is 0.0170. The van der Waals surface area contributed by atoms with Crippen molar-refractivity contribution in [2.24, 2.45) is 5.10 Å². The molecule has 0 saturated heterocycles. The van der Waals surface area contributed by atoms with E-state index < -0.39 is 10.8 Å². The molecular weight excluding hydrogens is 532 g/mol. The zero-order valence-corrected chi connectivity index (χ0v) is 21.8. The summed E-state index contributed by atoms with van der Waals surface area (Å²) in [5.41, 5.74) is 4.15. The van der Waals surface area contributed by atoms with Gasteiger partial charge in [-0.1, -0.05) is 23.4 Å². The van der Waals surface area contributed by atoms with Gasteiger partial charge < -0.3 is 9.47 Å².